The van der Waals surface area contributed by atoms with E-state index in [9.17, 15) is 9.59 Å². The van der Waals surface area contributed by atoms with Crippen LogP contribution in [-0.2, 0) is 9.59 Å². The van der Waals surface area contributed by atoms with Crippen LogP contribution >= 0.6 is 12.4 Å². The molecule has 2 amide bonds. The molecule has 2 saturated heterocycles. The van der Waals surface area contributed by atoms with Crippen LogP contribution in [0.1, 0.15) is 32.1 Å². The van der Waals surface area contributed by atoms with E-state index in [0.717, 1.165) is 39.0 Å². The first-order valence-electron chi connectivity index (χ1n) is 8.04. The fourth-order valence-corrected chi connectivity index (χ4v) is 3.48. The van der Waals surface area contributed by atoms with Crippen LogP contribution in [0.5, 0.6) is 0 Å². The standard InChI is InChI=1S/C15H25N3O2.ClH/c19-14(12-4-2-1-3-5-12)17-6-8-18(9-7-17)15(20)13-10-16-11-13;/h12-13,16H,1-11H2;1H. The molecule has 3 rings (SSSR count). The molecule has 3 aliphatic rings. The van der Waals surface area contributed by atoms with Crippen molar-refractivity contribution in [1.29, 1.82) is 0 Å². The van der Waals surface area contributed by atoms with Crippen molar-refractivity contribution < 1.29 is 9.59 Å². The maximum atomic E-state index is 12.4. The topological polar surface area (TPSA) is 52.7 Å². The van der Waals surface area contributed by atoms with Crippen molar-refractivity contribution in [2.24, 2.45) is 11.8 Å². The summed E-state index contributed by atoms with van der Waals surface area (Å²) in [6.07, 6.45) is 5.80. The van der Waals surface area contributed by atoms with Crippen LogP contribution < -0.4 is 5.32 Å². The second-order valence-electron chi connectivity index (χ2n) is 6.34. The molecule has 0 aromatic carbocycles. The first kappa shape index (κ1) is 16.6. The predicted molar refractivity (Wildman–Crippen MR) is 83.3 cm³/mol. The fourth-order valence-electron chi connectivity index (χ4n) is 3.48. The lowest BCUT2D eigenvalue weighted by Crippen LogP contribution is -2.57. The lowest BCUT2D eigenvalue weighted by Gasteiger charge is -2.39. The summed E-state index contributed by atoms with van der Waals surface area (Å²) in [5.41, 5.74) is 0. The zero-order valence-electron chi connectivity index (χ0n) is 12.6. The summed E-state index contributed by atoms with van der Waals surface area (Å²) in [4.78, 5) is 28.5. The van der Waals surface area contributed by atoms with Crippen molar-refractivity contribution in [1.82, 2.24) is 15.1 Å². The number of hydrogen-bond acceptors (Lipinski definition) is 3. The lowest BCUT2D eigenvalue weighted by atomic mass is 9.88. The van der Waals surface area contributed by atoms with Crippen molar-refractivity contribution in [2.45, 2.75) is 32.1 Å². The molecule has 0 aromatic heterocycles. The van der Waals surface area contributed by atoms with Crippen molar-refractivity contribution in [3.8, 4) is 0 Å². The summed E-state index contributed by atoms with van der Waals surface area (Å²) in [6.45, 7) is 4.52. The first-order chi connectivity index (χ1) is 9.75. The van der Waals surface area contributed by atoms with Crippen LogP contribution in [-0.4, -0.2) is 60.9 Å². The quantitative estimate of drug-likeness (QED) is 0.823. The van der Waals surface area contributed by atoms with E-state index in [0.29, 0.717) is 19.0 Å². The van der Waals surface area contributed by atoms with E-state index < -0.39 is 0 Å². The van der Waals surface area contributed by atoms with Gasteiger partial charge in [-0.3, -0.25) is 9.59 Å². The van der Waals surface area contributed by atoms with Gasteiger partial charge in [-0.15, -0.1) is 12.4 Å². The highest BCUT2D eigenvalue weighted by Gasteiger charge is 2.33. The van der Waals surface area contributed by atoms with E-state index in [4.69, 9.17) is 0 Å². The molecule has 0 bridgehead atoms. The van der Waals surface area contributed by atoms with Gasteiger partial charge in [0.1, 0.15) is 0 Å². The molecule has 3 fully saturated rings. The normalized spacial score (nSPS) is 24.2. The van der Waals surface area contributed by atoms with Gasteiger partial charge in [-0.05, 0) is 12.8 Å². The molecule has 0 aromatic rings. The molecular weight excluding hydrogens is 290 g/mol. The molecule has 2 aliphatic heterocycles. The molecule has 120 valence electrons. The van der Waals surface area contributed by atoms with E-state index in [-0.39, 0.29) is 30.2 Å². The summed E-state index contributed by atoms with van der Waals surface area (Å²) in [6, 6.07) is 0. The molecular formula is C15H26ClN3O2. The third-order valence-electron chi connectivity index (χ3n) is 4.99. The Hall–Kier alpha value is -0.810. The van der Waals surface area contributed by atoms with Gasteiger partial charge in [-0.1, -0.05) is 19.3 Å². The number of halogens is 1. The molecule has 21 heavy (non-hydrogen) atoms. The number of rotatable bonds is 2. The van der Waals surface area contributed by atoms with Crippen molar-refractivity contribution >= 4 is 24.2 Å². The highest BCUT2D eigenvalue weighted by atomic mass is 35.5. The number of nitrogens with one attached hydrogen (secondary N) is 1. The van der Waals surface area contributed by atoms with Crippen molar-refractivity contribution in [2.75, 3.05) is 39.3 Å². The van der Waals surface area contributed by atoms with E-state index in [1.165, 1.54) is 19.3 Å². The third-order valence-corrected chi connectivity index (χ3v) is 4.99. The van der Waals surface area contributed by atoms with E-state index in [2.05, 4.69) is 5.32 Å². The van der Waals surface area contributed by atoms with Crippen molar-refractivity contribution in [3.63, 3.8) is 0 Å². The number of carbonyl (C=O) groups excluding carboxylic acids is 2. The largest absolute Gasteiger partial charge is 0.339 e. The molecule has 0 atom stereocenters. The second kappa shape index (κ2) is 7.45. The lowest BCUT2D eigenvalue weighted by molar-refractivity contribution is -0.145. The Balaban J connectivity index is 0.00000161. The molecule has 0 spiro atoms. The molecule has 6 heteroatoms. The number of hydrogen-bond donors (Lipinski definition) is 1. The Kier molecular flexibility index (Phi) is 5.88. The third kappa shape index (κ3) is 3.69. The van der Waals surface area contributed by atoms with Crippen LogP contribution in [0.4, 0.5) is 0 Å². The van der Waals surface area contributed by atoms with Crippen LogP contribution in [0, 0.1) is 11.8 Å². The summed E-state index contributed by atoms with van der Waals surface area (Å²) >= 11 is 0. The van der Waals surface area contributed by atoms with Gasteiger partial charge >= 0.3 is 0 Å². The second-order valence-corrected chi connectivity index (χ2v) is 6.34. The van der Waals surface area contributed by atoms with Gasteiger partial charge in [0.2, 0.25) is 11.8 Å². The predicted octanol–water partition coefficient (Wildman–Crippen LogP) is 0.879. The molecule has 0 radical (unpaired) electrons. The summed E-state index contributed by atoms with van der Waals surface area (Å²) < 4.78 is 0. The van der Waals surface area contributed by atoms with E-state index in [1.807, 2.05) is 9.80 Å². The van der Waals surface area contributed by atoms with Gasteiger partial charge in [0.05, 0.1) is 5.92 Å². The Morgan fingerprint density at radius 2 is 1.24 bits per heavy atom. The molecule has 2 heterocycles. The van der Waals surface area contributed by atoms with Crippen LogP contribution in [0.15, 0.2) is 0 Å². The molecule has 1 N–H and O–H groups in total. The summed E-state index contributed by atoms with van der Waals surface area (Å²) in [7, 11) is 0. The highest BCUT2D eigenvalue weighted by Crippen LogP contribution is 2.26. The van der Waals surface area contributed by atoms with Gasteiger partial charge in [-0.25, -0.2) is 0 Å². The zero-order valence-corrected chi connectivity index (χ0v) is 13.4. The highest BCUT2D eigenvalue weighted by molar-refractivity contribution is 5.85. The monoisotopic (exact) mass is 315 g/mol. The molecule has 5 nitrogen and oxygen atoms in total. The maximum Gasteiger partial charge on any atom is 0.228 e. The van der Waals surface area contributed by atoms with Gasteiger partial charge < -0.3 is 15.1 Å². The number of piperazine rings is 1. The van der Waals surface area contributed by atoms with E-state index >= 15 is 0 Å². The SMILES string of the molecule is Cl.O=C(C1CCCCC1)N1CCN(C(=O)C2CNC2)CC1. The van der Waals surface area contributed by atoms with Crippen LogP contribution in [0.2, 0.25) is 0 Å². The number of amides is 2. The summed E-state index contributed by atoms with van der Waals surface area (Å²) in [5.74, 6) is 1.04. The Bertz CT molecular complexity index is 373. The smallest absolute Gasteiger partial charge is 0.228 e. The molecule has 0 unspecified atom stereocenters. The van der Waals surface area contributed by atoms with Gasteiger partial charge in [-0.2, -0.15) is 0 Å². The Morgan fingerprint density at radius 3 is 1.67 bits per heavy atom. The molecule has 1 saturated carbocycles. The minimum Gasteiger partial charge on any atom is -0.339 e. The maximum absolute atomic E-state index is 12.4. The zero-order chi connectivity index (χ0) is 13.9. The minimum absolute atomic E-state index is 0. The fraction of sp³-hybridized carbons (Fsp3) is 0.867. The summed E-state index contributed by atoms with van der Waals surface area (Å²) in [5, 5.41) is 3.14. The Labute approximate surface area is 132 Å². The van der Waals surface area contributed by atoms with Crippen LogP contribution in [0.25, 0.3) is 0 Å². The first-order valence-corrected chi connectivity index (χ1v) is 8.04. The minimum atomic E-state index is 0. The van der Waals surface area contributed by atoms with Gasteiger partial charge in [0.25, 0.3) is 0 Å². The van der Waals surface area contributed by atoms with Gasteiger partial charge in [0.15, 0.2) is 0 Å². The van der Waals surface area contributed by atoms with Gasteiger partial charge in [0, 0.05) is 45.2 Å². The average molecular weight is 316 g/mol. The Morgan fingerprint density at radius 1 is 0.762 bits per heavy atom. The number of carbonyl (C=O) groups is 2. The van der Waals surface area contributed by atoms with Crippen LogP contribution in [0.3, 0.4) is 0 Å². The number of nitrogens with zero attached hydrogens (tertiary/aromatic N) is 2. The molecule has 1 aliphatic carbocycles. The average Bonchev–Trinajstić information content (AvgIpc) is 2.46. The van der Waals surface area contributed by atoms with Crippen molar-refractivity contribution in [3.05, 3.63) is 0 Å². The van der Waals surface area contributed by atoms with E-state index in [1.54, 1.807) is 0 Å².